The Hall–Kier alpha value is -1.85. The van der Waals surface area contributed by atoms with Gasteiger partial charge in [-0.1, -0.05) is 161 Å². The molecular weight excluding hydrogens is 608 g/mol. The van der Waals surface area contributed by atoms with Gasteiger partial charge in [-0.2, -0.15) is 0 Å². The fourth-order valence-electron chi connectivity index (χ4n) is 6.24. The molecule has 0 fully saturated rings. The molecule has 0 saturated carbocycles. The summed E-state index contributed by atoms with van der Waals surface area (Å²) < 4.78 is 5.33. The van der Waals surface area contributed by atoms with Gasteiger partial charge in [-0.15, -0.1) is 0 Å². The maximum atomic E-state index is 13.2. The third kappa shape index (κ3) is 35.8. The van der Waals surface area contributed by atoms with Crippen molar-refractivity contribution in [3.63, 3.8) is 0 Å². The van der Waals surface area contributed by atoms with Crippen LogP contribution in [0.5, 0.6) is 0 Å². The molecule has 0 rings (SSSR count). The van der Waals surface area contributed by atoms with Crippen LogP contribution in [0.3, 0.4) is 0 Å². The Morgan fingerprint density at radius 1 is 0.551 bits per heavy atom. The lowest BCUT2D eigenvalue weighted by molar-refractivity contribution is -0.128. The highest BCUT2D eigenvalue weighted by Crippen LogP contribution is 2.15. The molecular formula is C43H82N2O4. The standard InChI is InChI=1S/C43H82N2O4/c1-6-8-10-12-14-16-18-20-22-24-26-28-30-32-34-36-41(47)45-39(37-38-44-42(48)49-43(3,4)5)40(46)35-33-31-29-27-25-23-21-19-17-15-13-11-9-7-2/h20,22,39H,6-19,21,23-38H2,1-5H3,(H,44,48)(H,45,47)/b22-20-/t39-/m0/s1. The van der Waals surface area contributed by atoms with Gasteiger partial charge in [-0.3, -0.25) is 9.59 Å². The highest BCUT2D eigenvalue weighted by atomic mass is 16.6. The van der Waals surface area contributed by atoms with E-state index in [0.29, 0.717) is 19.3 Å². The number of unbranched alkanes of at least 4 members (excludes halogenated alkanes) is 24. The Morgan fingerprint density at radius 3 is 1.37 bits per heavy atom. The van der Waals surface area contributed by atoms with Crippen LogP contribution in [0.25, 0.3) is 0 Å². The smallest absolute Gasteiger partial charge is 0.407 e. The molecule has 2 amide bonds. The van der Waals surface area contributed by atoms with E-state index in [2.05, 4.69) is 36.6 Å². The van der Waals surface area contributed by atoms with E-state index in [4.69, 9.17) is 4.74 Å². The Labute approximate surface area is 304 Å². The summed E-state index contributed by atoms with van der Waals surface area (Å²) in [6.45, 7) is 10.3. The van der Waals surface area contributed by atoms with Gasteiger partial charge < -0.3 is 15.4 Å². The summed E-state index contributed by atoms with van der Waals surface area (Å²) in [6, 6.07) is -0.562. The number of hydrogen-bond donors (Lipinski definition) is 2. The molecule has 0 bridgehead atoms. The summed E-state index contributed by atoms with van der Waals surface area (Å²) >= 11 is 0. The molecule has 0 aliphatic carbocycles. The monoisotopic (exact) mass is 691 g/mol. The molecule has 0 aromatic rings. The van der Waals surface area contributed by atoms with Crippen LogP contribution in [0, 0.1) is 0 Å². The van der Waals surface area contributed by atoms with Crippen molar-refractivity contribution >= 4 is 17.8 Å². The highest BCUT2D eigenvalue weighted by molar-refractivity contribution is 5.89. The number of alkyl carbamates (subject to hydrolysis) is 1. The minimum absolute atomic E-state index is 0.0609. The number of ketones is 1. The van der Waals surface area contributed by atoms with Crippen molar-refractivity contribution in [3.05, 3.63) is 12.2 Å². The van der Waals surface area contributed by atoms with E-state index >= 15 is 0 Å². The topological polar surface area (TPSA) is 84.5 Å². The number of allylic oxidation sites excluding steroid dienone is 2. The van der Waals surface area contributed by atoms with Crippen LogP contribution in [-0.2, 0) is 14.3 Å². The van der Waals surface area contributed by atoms with E-state index in [1.165, 1.54) is 128 Å². The number of ether oxygens (including phenoxy) is 1. The predicted molar refractivity (Wildman–Crippen MR) is 210 cm³/mol. The van der Waals surface area contributed by atoms with Gasteiger partial charge in [0.2, 0.25) is 5.91 Å². The third-order valence-corrected chi connectivity index (χ3v) is 9.27. The lowest BCUT2D eigenvalue weighted by atomic mass is 10.0. The quantitative estimate of drug-likeness (QED) is 0.0512. The molecule has 0 unspecified atom stereocenters. The summed E-state index contributed by atoms with van der Waals surface area (Å²) in [5.74, 6) is 0.0111. The van der Waals surface area contributed by atoms with Crippen LogP contribution in [-0.4, -0.2) is 36.0 Å². The van der Waals surface area contributed by atoms with Gasteiger partial charge in [-0.05, 0) is 65.7 Å². The summed E-state index contributed by atoms with van der Waals surface area (Å²) in [7, 11) is 0. The Kier molecular flexibility index (Phi) is 33.3. The van der Waals surface area contributed by atoms with E-state index in [0.717, 1.165) is 44.9 Å². The number of nitrogens with one attached hydrogen (secondary N) is 2. The largest absolute Gasteiger partial charge is 0.444 e. The van der Waals surface area contributed by atoms with E-state index in [-0.39, 0.29) is 18.2 Å². The number of rotatable bonds is 35. The molecule has 0 aliphatic heterocycles. The zero-order chi connectivity index (χ0) is 36.3. The second-order valence-electron chi connectivity index (χ2n) is 15.5. The fraction of sp³-hybridized carbons (Fsp3) is 0.884. The van der Waals surface area contributed by atoms with E-state index in [9.17, 15) is 14.4 Å². The summed E-state index contributed by atoms with van der Waals surface area (Å²) in [5, 5.41) is 5.75. The molecule has 288 valence electrons. The van der Waals surface area contributed by atoms with Crippen LogP contribution >= 0.6 is 0 Å². The number of Topliss-reactive ketones (excluding diaryl/α,β-unsaturated/α-hetero) is 1. The van der Waals surface area contributed by atoms with Gasteiger partial charge in [0, 0.05) is 19.4 Å². The second kappa shape index (κ2) is 34.6. The van der Waals surface area contributed by atoms with Crippen molar-refractivity contribution in [3.8, 4) is 0 Å². The molecule has 6 nitrogen and oxygen atoms in total. The van der Waals surface area contributed by atoms with Crippen molar-refractivity contribution in [2.45, 2.75) is 239 Å². The van der Waals surface area contributed by atoms with Crippen LogP contribution < -0.4 is 10.6 Å². The molecule has 0 radical (unpaired) electrons. The molecule has 0 heterocycles. The van der Waals surface area contributed by atoms with E-state index in [1.807, 2.05) is 20.8 Å². The zero-order valence-corrected chi connectivity index (χ0v) is 33.3. The number of carbonyl (C=O) groups excluding carboxylic acids is 3. The van der Waals surface area contributed by atoms with Gasteiger partial charge in [-0.25, -0.2) is 4.79 Å². The van der Waals surface area contributed by atoms with Crippen LogP contribution in [0.4, 0.5) is 4.79 Å². The average molecular weight is 691 g/mol. The van der Waals surface area contributed by atoms with Crippen molar-refractivity contribution in [2.24, 2.45) is 0 Å². The third-order valence-electron chi connectivity index (χ3n) is 9.27. The Balaban J connectivity index is 4.24. The molecule has 6 heteroatoms. The van der Waals surface area contributed by atoms with Crippen molar-refractivity contribution in [1.29, 1.82) is 0 Å². The lowest BCUT2D eigenvalue weighted by Gasteiger charge is -2.21. The first-order chi connectivity index (χ1) is 23.7. The van der Waals surface area contributed by atoms with E-state index < -0.39 is 17.7 Å². The molecule has 0 saturated heterocycles. The summed E-state index contributed by atoms with van der Waals surface area (Å²) in [4.78, 5) is 38.1. The fourth-order valence-corrected chi connectivity index (χ4v) is 6.24. The number of amides is 2. The van der Waals surface area contributed by atoms with E-state index in [1.54, 1.807) is 0 Å². The maximum Gasteiger partial charge on any atom is 0.407 e. The molecule has 0 aromatic carbocycles. The molecule has 0 spiro atoms. The number of hydrogen-bond acceptors (Lipinski definition) is 4. The molecule has 1 atom stereocenters. The first-order valence-corrected chi connectivity index (χ1v) is 21.1. The second-order valence-corrected chi connectivity index (χ2v) is 15.5. The predicted octanol–water partition coefficient (Wildman–Crippen LogP) is 12.9. The lowest BCUT2D eigenvalue weighted by Crippen LogP contribution is -2.43. The molecule has 0 aromatic heterocycles. The van der Waals surface area contributed by atoms with Crippen molar-refractivity contribution in [2.75, 3.05) is 6.54 Å². The van der Waals surface area contributed by atoms with Crippen LogP contribution in [0.1, 0.15) is 227 Å². The van der Waals surface area contributed by atoms with Crippen LogP contribution in [0.2, 0.25) is 0 Å². The normalized spacial score (nSPS) is 12.3. The van der Waals surface area contributed by atoms with Crippen molar-refractivity contribution in [1.82, 2.24) is 10.6 Å². The maximum absolute atomic E-state index is 13.2. The van der Waals surface area contributed by atoms with Gasteiger partial charge in [0.25, 0.3) is 0 Å². The van der Waals surface area contributed by atoms with Gasteiger partial charge >= 0.3 is 6.09 Å². The molecule has 49 heavy (non-hydrogen) atoms. The Morgan fingerprint density at radius 2 is 0.939 bits per heavy atom. The summed E-state index contributed by atoms with van der Waals surface area (Å²) in [6.07, 6.45) is 39.3. The van der Waals surface area contributed by atoms with Gasteiger partial charge in [0.1, 0.15) is 5.60 Å². The minimum atomic E-state index is -0.578. The highest BCUT2D eigenvalue weighted by Gasteiger charge is 2.21. The SMILES string of the molecule is CCCCCCCC/C=C\CCCCCCCC(=O)N[C@@H](CCNC(=O)OC(C)(C)C)C(=O)CCCCCCCCCCCCCCCC. The zero-order valence-electron chi connectivity index (χ0n) is 33.3. The molecule has 2 N–H and O–H groups in total. The minimum Gasteiger partial charge on any atom is -0.444 e. The first-order valence-electron chi connectivity index (χ1n) is 21.1. The van der Waals surface area contributed by atoms with Crippen molar-refractivity contribution < 1.29 is 19.1 Å². The van der Waals surface area contributed by atoms with Gasteiger partial charge in [0.05, 0.1) is 6.04 Å². The van der Waals surface area contributed by atoms with Crippen LogP contribution in [0.15, 0.2) is 12.2 Å². The first kappa shape index (κ1) is 47.1. The molecule has 0 aliphatic rings. The van der Waals surface area contributed by atoms with Gasteiger partial charge in [0.15, 0.2) is 5.78 Å². The summed E-state index contributed by atoms with van der Waals surface area (Å²) in [5.41, 5.74) is -0.578. The number of carbonyl (C=O) groups is 3. The average Bonchev–Trinajstić information content (AvgIpc) is 3.05. The Bertz CT molecular complexity index is 804.